The zero-order valence-corrected chi connectivity index (χ0v) is 11.1. The van der Waals surface area contributed by atoms with Crippen molar-refractivity contribution in [3.05, 3.63) is 70.7 Å². The fourth-order valence-electron chi connectivity index (χ4n) is 2.67. The SMILES string of the molecule is O=C1CC(c2cccc(Cl)c2)C(c2ccccc2)N1. The molecule has 0 spiro atoms. The van der Waals surface area contributed by atoms with Gasteiger partial charge in [0.2, 0.25) is 5.91 Å². The average Bonchev–Trinajstić information content (AvgIpc) is 2.82. The van der Waals surface area contributed by atoms with Crippen LogP contribution in [0.5, 0.6) is 0 Å². The molecular formula is C16H14ClNO. The predicted octanol–water partition coefficient (Wildman–Crippen LogP) is 3.68. The Morgan fingerprint density at radius 3 is 2.47 bits per heavy atom. The van der Waals surface area contributed by atoms with Crippen LogP contribution in [-0.4, -0.2) is 5.91 Å². The van der Waals surface area contributed by atoms with Gasteiger partial charge in [0.1, 0.15) is 0 Å². The van der Waals surface area contributed by atoms with Crippen LogP contribution in [0.2, 0.25) is 5.02 Å². The molecular weight excluding hydrogens is 258 g/mol. The second-order valence-electron chi connectivity index (χ2n) is 4.82. The van der Waals surface area contributed by atoms with Crippen LogP contribution in [0.3, 0.4) is 0 Å². The molecule has 1 fully saturated rings. The number of hydrogen-bond acceptors (Lipinski definition) is 1. The molecule has 2 aromatic carbocycles. The fourth-order valence-corrected chi connectivity index (χ4v) is 2.87. The molecule has 0 radical (unpaired) electrons. The van der Waals surface area contributed by atoms with E-state index in [1.165, 1.54) is 0 Å². The Kier molecular flexibility index (Phi) is 3.26. The quantitative estimate of drug-likeness (QED) is 0.887. The van der Waals surface area contributed by atoms with Gasteiger partial charge in [0, 0.05) is 17.4 Å². The zero-order valence-electron chi connectivity index (χ0n) is 10.3. The molecule has 1 saturated heterocycles. The molecule has 1 N–H and O–H groups in total. The summed E-state index contributed by atoms with van der Waals surface area (Å²) in [7, 11) is 0. The standard InChI is InChI=1S/C16H14ClNO/c17-13-8-4-7-12(9-13)14-10-15(19)18-16(14)11-5-2-1-3-6-11/h1-9,14,16H,10H2,(H,18,19). The lowest BCUT2D eigenvalue weighted by Gasteiger charge is -2.19. The van der Waals surface area contributed by atoms with Crippen molar-refractivity contribution in [3.63, 3.8) is 0 Å². The Bertz CT molecular complexity index is 597. The Hall–Kier alpha value is -1.80. The summed E-state index contributed by atoms with van der Waals surface area (Å²) < 4.78 is 0. The van der Waals surface area contributed by atoms with Crippen LogP contribution in [-0.2, 0) is 4.79 Å². The lowest BCUT2D eigenvalue weighted by molar-refractivity contribution is -0.119. The third-order valence-electron chi connectivity index (χ3n) is 3.56. The largest absolute Gasteiger partial charge is 0.349 e. The molecule has 2 aromatic rings. The third-order valence-corrected chi connectivity index (χ3v) is 3.79. The number of amides is 1. The minimum absolute atomic E-state index is 0.0344. The second kappa shape index (κ2) is 5.06. The minimum Gasteiger partial charge on any atom is -0.349 e. The van der Waals surface area contributed by atoms with Crippen molar-refractivity contribution in [2.45, 2.75) is 18.4 Å². The molecule has 0 bridgehead atoms. The van der Waals surface area contributed by atoms with Gasteiger partial charge in [-0.15, -0.1) is 0 Å². The van der Waals surface area contributed by atoms with Gasteiger partial charge < -0.3 is 5.32 Å². The van der Waals surface area contributed by atoms with E-state index in [1.807, 2.05) is 54.6 Å². The van der Waals surface area contributed by atoms with Gasteiger partial charge in [-0.3, -0.25) is 4.79 Å². The van der Waals surface area contributed by atoms with Crippen molar-refractivity contribution in [1.82, 2.24) is 5.32 Å². The first-order valence-corrected chi connectivity index (χ1v) is 6.71. The molecule has 0 saturated carbocycles. The van der Waals surface area contributed by atoms with Crippen molar-refractivity contribution >= 4 is 17.5 Å². The van der Waals surface area contributed by atoms with E-state index in [9.17, 15) is 4.79 Å². The highest BCUT2D eigenvalue weighted by Crippen LogP contribution is 2.38. The van der Waals surface area contributed by atoms with Crippen LogP contribution in [0.4, 0.5) is 0 Å². The molecule has 96 valence electrons. The van der Waals surface area contributed by atoms with Gasteiger partial charge in [0.05, 0.1) is 6.04 Å². The van der Waals surface area contributed by atoms with Gasteiger partial charge in [0.25, 0.3) is 0 Å². The van der Waals surface area contributed by atoms with Crippen LogP contribution in [0, 0.1) is 0 Å². The highest BCUT2D eigenvalue weighted by atomic mass is 35.5. The molecule has 1 heterocycles. The molecule has 3 heteroatoms. The molecule has 2 atom stereocenters. The first kappa shape index (κ1) is 12.2. The first-order chi connectivity index (χ1) is 9.24. The second-order valence-corrected chi connectivity index (χ2v) is 5.26. The summed E-state index contributed by atoms with van der Waals surface area (Å²) in [5, 5.41) is 3.77. The summed E-state index contributed by atoms with van der Waals surface area (Å²) in [6.45, 7) is 0. The molecule has 3 rings (SSSR count). The van der Waals surface area contributed by atoms with E-state index >= 15 is 0 Å². The monoisotopic (exact) mass is 271 g/mol. The lowest BCUT2D eigenvalue weighted by Crippen LogP contribution is -2.20. The zero-order chi connectivity index (χ0) is 13.2. The normalized spacial score (nSPS) is 22.3. The van der Waals surface area contributed by atoms with Gasteiger partial charge in [-0.1, -0.05) is 54.1 Å². The molecule has 0 aromatic heterocycles. The maximum Gasteiger partial charge on any atom is 0.221 e. The number of halogens is 1. The summed E-state index contributed by atoms with van der Waals surface area (Å²) in [5.41, 5.74) is 2.25. The van der Waals surface area contributed by atoms with Gasteiger partial charge >= 0.3 is 0 Å². The van der Waals surface area contributed by atoms with Gasteiger partial charge in [0.15, 0.2) is 0 Å². The number of hydrogen-bond donors (Lipinski definition) is 1. The third kappa shape index (κ3) is 2.49. The summed E-state index contributed by atoms with van der Waals surface area (Å²) >= 11 is 6.05. The molecule has 0 aliphatic carbocycles. The van der Waals surface area contributed by atoms with Crippen LogP contribution >= 0.6 is 11.6 Å². The molecule has 1 amide bonds. The van der Waals surface area contributed by atoms with Crippen LogP contribution < -0.4 is 5.32 Å². The van der Waals surface area contributed by atoms with Gasteiger partial charge in [-0.2, -0.15) is 0 Å². The molecule has 1 aliphatic heterocycles. The Morgan fingerprint density at radius 1 is 1.00 bits per heavy atom. The van der Waals surface area contributed by atoms with E-state index < -0.39 is 0 Å². The van der Waals surface area contributed by atoms with Crippen molar-refractivity contribution in [2.24, 2.45) is 0 Å². The van der Waals surface area contributed by atoms with E-state index in [-0.39, 0.29) is 17.9 Å². The summed E-state index contributed by atoms with van der Waals surface area (Å²) in [5.74, 6) is 0.243. The van der Waals surface area contributed by atoms with Crippen LogP contribution in [0.25, 0.3) is 0 Å². The molecule has 2 nitrogen and oxygen atoms in total. The Balaban J connectivity index is 1.97. The smallest absolute Gasteiger partial charge is 0.221 e. The average molecular weight is 272 g/mol. The molecule has 2 unspecified atom stereocenters. The maximum absolute atomic E-state index is 11.8. The minimum atomic E-state index is 0.0344. The van der Waals surface area contributed by atoms with Crippen molar-refractivity contribution in [1.29, 1.82) is 0 Å². The van der Waals surface area contributed by atoms with E-state index in [1.54, 1.807) is 0 Å². The number of carbonyl (C=O) groups excluding carboxylic acids is 1. The van der Waals surface area contributed by atoms with Crippen LogP contribution in [0.1, 0.15) is 29.5 Å². The van der Waals surface area contributed by atoms with Gasteiger partial charge in [-0.05, 0) is 23.3 Å². The maximum atomic E-state index is 11.8. The summed E-state index contributed by atoms with van der Waals surface area (Å²) in [6, 6.07) is 17.9. The van der Waals surface area contributed by atoms with E-state index in [4.69, 9.17) is 11.6 Å². The number of rotatable bonds is 2. The van der Waals surface area contributed by atoms with E-state index in [0.29, 0.717) is 11.4 Å². The lowest BCUT2D eigenvalue weighted by atomic mass is 9.88. The van der Waals surface area contributed by atoms with E-state index in [0.717, 1.165) is 11.1 Å². The van der Waals surface area contributed by atoms with Crippen LogP contribution in [0.15, 0.2) is 54.6 Å². The topological polar surface area (TPSA) is 29.1 Å². The van der Waals surface area contributed by atoms with Crippen molar-refractivity contribution < 1.29 is 4.79 Å². The summed E-state index contributed by atoms with van der Waals surface area (Å²) in [4.78, 5) is 11.8. The molecule has 19 heavy (non-hydrogen) atoms. The van der Waals surface area contributed by atoms with Crippen molar-refractivity contribution in [3.8, 4) is 0 Å². The highest BCUT2D eigenvalue weighted by Gasteiger charge is 2.34. The van der Waals surface area contributed by atoms with Crippen molar-refractivity contribution in [2.75, 3.05) is 0 Å². The van der Waals surface area contributed by atoms with E-state index in [2.05, 4.69) is 5.32 Å². The molecule has 1 aliphatic rings. The first-order valence-electron chi connectivity index (χ1n) is 6.34. The Morgan fingerprint density at radius 2 is 1.74 bits per heavy atom. The number of nitrogens with one attached hydrogen (secondary N) is 1. The fraction of sp³-hybridized carbons (Fsp3) is 0.188. The number of benzene rings is 2. The number of carbonyl (C=O) groups is 1. The summed E-state index contributed by atoms with van der Waals surface area (Å²) in [6.07, 6.45) is 0.514. The Labute approximate surface area is 117 Å². The predicted molar refractivity (Wildman–Crippen MR) is 76.1 cm³/mol. The highest BCUT2D eigenvalue weighted by molar-refractivity contribution is 6.30. The van der Waals surface area contributed by atoms with Gasteiger partial charge in [-0.25, -0.2) is 0 Å².